The summed E-state index contributed by atoms with van der Waals surface area (Å²) in [6.45, 7) is 14.0. The van der Waals surface area contributed by atoms with E-state index in [2.05, 4.69) is 80.4 Å². The molecule has 28 heavy (non-hydrogen) atoms. The van der Waals surface area contributed by atoms with E-state index >= 15 is 0 Å². The van der Waals surface area contributed by atoms with Gasteiger partial charge in [-0.15, -0.1) is 0 Å². The highest BCUT2D eigenvalue weighted by atomic mass is 16.5. The second kappa shape index (κ2) is 10.1. The van der Waals surface area contributed by atoms with E-state index in [0.717, 1.165) is 25.4 Å². The van der Waals surface area contributed by atoms with Crippen LogP contribution in [-0.4, -0.2) is 37.2 Å². The summed E-state index contributed by atoms with van der Waals surface area (Å²) in [7, 11) is 0. The van der Waals surface area contributed by atoms with Crippen LogP contribution >= 0.6 is 0 Å². The number of ether oxygens (including phenoxy) is 1. The minimum Gasteiger partial charge on any atom is -0.493 e. The van der Waals surface area contributed by atoms with Gasteiger partial charge in [-0.1, -0.05) is 42.8 Å². The lowest BCUT2D eigenvalue weighted by Crippen LogP contribution is -2.44. The lowest BCUT2D eigenvalue weighted by molar-refractivity contribution is 0.149. The molecule has 0 radical (unpaired) electrons. The van der Waals surface area contributed by atoms with Crippen LogP contribution in [0, 0.1) is 26.7 Å². The van der Waals surface area contributed by atoms with Crippen molar-refractivity contribution in [2.24, 2.45) is 5.92 Å². The molecule has 1 atom stereocenters. The predicted molar refractivity (Wildman–Crippen MR) is 118 cm³/mol. The number of hydrogen-bond acceptors (Lipinski definition) is 3. The molecule has 1 heterocycles. The molecule has 0 spiro atoms. The van der Waals surface area contributed by atoms with E-state index in [1.165, 1.54) is 48.2 Å². The van der Waals surface area contributed by atoms with Crippen LogP contribution in [0.25, 0.3) is 0 Å². The molecule has 1 N–H and O–H groups in total. The first-order chi connectivity index (χ1) is 13.5. The molecule has 3 rings (SSSR count). The van der Waals surface area contributed by atoms with E-state index in [1.54, 1.807) is 0 Å². The number of nitrogens with one attached hydrogen (secondary N) is 1. The van der Waals surface area contributed by atoms with Crippen molar-refractivity contribution in [2.45, 2.75) is 53.1 Å². The van der Waals surface area contributed by atoms with Crippen molar-refractivity contribution in [1.29, 1.82) is 0 Å². The van der Waals surface area contributed by atoms with Gasteiger partial charge in [0.25, 0.3) is 0 Å². The zero-order chi connectivity index (χ0) is 19.9. The van der Waals surface area contributed by atoms with Crippen LogP contribution in [0.5, 0.6) is 5.75 Å². The van der Waals surface area contributed by atoms with Crippen LogP contribution in [0.3, 0.4) is 0 Å². The monoisotopic (exact) mass is 380 g/mol. The number of hydrogen-bond donors (Lipinski definition) is 1. The Morgan fingerprint density at radius 1 is 1.00 bits per heavy atom. The maximum atomic E-state index is 6.02. The van der Waals surface area contributed by atoms with E-state index in [1.807, 2.05) is 0 Å². The van der Waals surface area contributed by atoms with Gasteiger partial charge in [0.05, 0.1) is 6.61 Å². The zero-order valence-corrected chi connectivity index (χ0v) is 18.0. The van der Waals surface area contributed by atoms with Gasteiger partial charge < -0.3 is 15.0 Å². The quantitative estimate of drug-likeness (QED) is 0.706. The van der Waals surface area contributed by atoms with Crippen LogP contribution in [0.15, 0.2) is 42.5 Å². The van der Waals surface area contributed by atoms with Gasteiger partial charge in [0, 0.05) is 25.0 Å². The van der Waals surface area contributed by atoms with E-state index < -0.39 is 0 Å². The van der Waals surface area contributed by atoms with Crippen molar-refractivity contribution < 1.29 is 4.74 Å². The summed E-state index contributed by atoms with van der Waals surface area (Å²) >= 11 is 0. The van der Waals surface area contributed by atoms with Gasteiger partial charge in [-0.05, 0) is 75.5 Å². The summed E-state index contributed by atoms with van der Waals surface area (Å²) in [5.74, 6) is 1.53. The molecule has 1 fully saturated rings. The number of aryl methyl sites for hydroxylation is 3. The van der Waals surface area contributed by atoms with Gasteiger partial charge in [0.2, 0.25) is 0 Å². The molecular weight excluding hydrogens is 344 g/mol. The Labute approximate surface area is 171 Å². The van der Waals surface area contributed by atoms with Crippen LogP contribution < -0.4 is 10.1 Å². The van der Waals surface area contributed by atoms with Crippen molar-refractivity contribution >= 4 is 0 Å². The maximum Gasteiger partial charge on any atom is 0.119 e. The third kappa shape index (κ3) is 6.35. The lowest BCUT2D eigenvalue weighted by Gasteiger charge is -2.34. The molecule has 2 aromatic carbocycles. The van der Waals surface area contributed by atoms with E-state index in [0.29, 0.717) is 12.0 Å². The Kier molecular flexibility index (Phi) is 7.52. The van der Waals surface area contributed by atoms with Crippen LogP contribution in [-0.2, 0) is 6.54 Å². The van der Waals surface area contributed by atoms with Crippen LogP contribution in [0.1, 0.15) is 42.0 Å². The molecule has 1 aliphatic heterocycles. The summed E-state index contributed by atoms with van der Waals surface area (Å²) < 4.78 is 6.02. The van der Waals surface area contributed by atoms with Gasteiger partial charge >= 0.3 is 0 Å². The molecule has 0 amide bonds. The Bertz CT molecular complexity index is 733. The lowest BCUT2D eigenvalue weighted by atomic mass is 10.0. The fourth-order valence-corrected chi connectivity index (χ4v) is 3.82. The standard InChI is InChI=1S/C25H36N2O/c1-19-5-8-23(9-6-19)16-26-24-11-13-27(14-12-24)17-20(2)18-28-25-10-7-21(3)22(4)15-25/h5-10,15,20,24,26H,11-14,16-18H2,1-4H3. The van der Waals surface area contributed by atoms with Gasteiger partial charge in [-0.25, -0.2) is 0 Å². The minimum absolute atomic E-state index is 0.540. The Hall–Kier alpha value is -1.84. The van der Waals surface area contributed by atoms with Crippen molar-refractivity contribution in [2.75, 3.05) is 26.2 Å². The molecule has 1 aliphatic rings. The fraction of sp³-hybridized carbons (Fsp3) is 0.520. The fourth-order valence-electron chi connectivity index (χ4n) is 3.82. The highest BCUT2D eigenvalue weighted by Gasteiger charge is 2.20. The summed E-state index contributed by atoms with van der Waals surface area (Å²) in [6, 6.07) is 15.9. The van der Waals surface area contributed by atoms with E-state index in [-0.39, 0.29) is 0 Å². The molecule has 3 heteroatoms. The first-order valence-corrected chi connectivity index (χ1v) is 10.7. The highest BCUT2D eigenvalue weighted by Crippen LogP contribution is 2.18. The molecule has 0 aromatic heterocycles. The topological polar surface area (TPSA) is 24.5 Å². The number of likely N-dealkylation sites (tertiary alicyclic amines) is 1. The molecular formula is C25H36N2O. The van der Waals surface area contributed by atoms with Crippen molar-refractivity contribution in [3.05, 3.63) is 64.7 Å². The average Bonchev–Trinajstić information content (AvgIpc) is 2.69. The Morgan fingerprint density at radius 2 is 1.71 bits per heavy atom. The Balaban J connectivity index is 1.34. The predicted octanol–water partition coefficient (Wildman–Crippen LogP) is 4.88. The largest absolute Gasteiger partial charge is 0.493 e. The molecule has 1 saturated heterocycles. The van der Waals surface area contributed by atoms with Crippen molar-refractivity contribution in [3.63, 3.8) is 0 Å². The second-order valence-corrected chi connectivity index (χ2v) is 8.60. The van der Waals surface area contributed by atoms with E-state index in [4.69, 9.17) is 4.74 Å². The molecule has 0 bridgehead atoms. The van der Waals surface area contributed by atoms with Crippen LogP contribution in [0.2, 0.25) is 0 Å². The summed E-state index contributed by atoms with van der Waals surface area (Å²) in [5, 5.41) is 3.74. The summed E-state index contributed by atoms with van der Waals surface area (Å²) in [5.41, 5.74) is 5.32. The molecule has 2 aromatic rings. The average molecular weight is 381 g/mol. The molecule has 1 unspecified atom stereocenters. The summed E-state index contributed by atoms with van der Waals surface area (Å²) in [6.07, 6.45) is 2.47. The maximum absolute atomic E-state index is 6.02. The molecule has 0 saturated carbocycles. The minimum atomic E-state index is 0.540. The highest BCUT2D eigenvalue weighted by molar-refractivity contribution is 5.33. The third-order valence-corrected chi connectivity index (χ3v) is 5.89. The van der Waals surface area contributed by atoms with Crippen LogP contribution in [0.4, 0.5) is 0 Å². The normalized spacial score (nSPS) is 16.9. The number of nitrogens with zero attached hydrogens (tertiary/aromatic N) is 1. The Morgan fingerprint density at radius 3 is 2.39 bits per heavy atom. The van der Waals surface area contributed by atoms with Gasteiger partial charge in [0.15, 0.2) is 0 Å². The van der Waals surface area contributed by atoms with Crippen molar-refractivity contribution in [1.82, 2.24) is 10.2 Å². The first-order valence-electron chi connectivity index (χ1n) is 10.7. The molecule has 3 nitrogen and oxygen atoms in total. The van der Waals surface area contributed by atoms with Crippen molar-refractivity contribution in [3.8, 4) is 5.75 Å². The number of piperidine rings is 1. The van der Waals surface area contributed by atoms with E-state index in [9.17, 15) is 0 Å². The first kappa shape index (κ1) is 20.9. The summed E-state index contributed by atoms with van der Waals surface area (Å²) in [4.78, 5) is 2.60. The van der Waals surface area contributed by atoms with Gasteiger partial charge in [-0.3, -0.25) is 0 Å². The smallest absolute Gasteiger partial charge is 0.119 e. The number of rotatable bonds is 8. The van der Waals surface area contributed by atoms with Gasteiger partial charge in [-0.2, -0.15) is 0 Å². The van der Waals surface area contributed by atoms with Gasteiger partial charge in [0.1, 0.15) is 5.75 Å². The molecule has 0 aliphatic carbocycles. The zero-order valence-electron chi connectivity index (χ0n) is 18.0. The second-order valence-electron chi connectivity index (χ2n) is 8.60. The third-order valence-electron chi connectivity index (χ3n) is 5.89. The molecule has 152 valence electrons. The number of benzene rings is 2. The SMILES string of the molecule is Cc1ccc(CNC2CCN(CC(C)COc3ccc(C)c(C)c3)CC2)cc1.